The third-order valence-electron chi connectivity index (χ3n) is 5.17. The van der Waals surface area contributed by atoms with E-state index in [0.717, 1.165) is 24.9 Å². The van der Waals surface area contributed by atoms with Gasteiger partial charge in [-0.2, -0.15) is 17.0 Å². The normalized spacial score (nSPS) is 36.2. The van der Waals surface area contributed by atoms with Crippen LogP contribution < -0.4 is 5.32 Å². The number of nitrogens with zero attached hydrogens (tertiary/aromatic N) is 2. The summed E-state index contributed by atoms with van der Waals surface area (Å²) in [6.07, 6.45) is 5.27. The van der Waals surface area contributed by atoms with Crippen LogP contribution in [0, 0.1) is 17.8 Å². The van der Waals surface area contributed by atoms with Crippen molar-refractivity contribution in [2.45, 2.75) is 25.7 Å². The van der Waals surface area contributed by atoms with Crippen LogP contribution in [0.15, 0.2) is 0 Å². The zero-order chi connectivity index (χ0) is 13.5. The van der Waals surface area contributed by atoms with E-state index in [0.29, 0.717) is 25.6 Å². The van der Waals surface area contributed by atoms with Gasteiger partial charge in [0, 0.05) is 39.8 Å². The summed E-state index contributed by atoms with van der Waals surface area (Å²) in [5.41, 5.74) is 0. The molecule has 3 aliphatic rings. The summed E-state index contributed by atoms with van der Waals surface area (Å²) in [6, 6.07) is 0. The van der Waals surface area contributed by atoms with Crippen LogP contribution in [-0.2, 0) is 10.2 Å². The number of hydrogen-bond donors (Lipinski definition) is 1. The molecule has 0 amide bonds. The Bertz CT molecular complexity index is 420. The monoisotopic (exact) mass is 287 g/mol. The first kappa shape index (κ1) is 13.8. The van der Waals surface area contributed by atoms with E-state index in [-0.39, 0.29) is 0 Å². The van der Waals surface area contributed by atoms with Crippen molar-refractivity contribution in [1.82, 2.24) is 13.9 Å². The molecule has 1 N–H and O–H groups in total. The summed E-state index contributed by atoms with van der Waals surface area (Å²) < 4.78 is 28.2. The first-order chi connectivity index (χ1) is 9.07. The second-order valence-corrected chi connectivity index (χ2v) is 8.41. The van der Waals surface area contributed by atoms with Gasteiger partial charge in [-0.05, 0) is 37.0 Å². The average molecular weight is 287 g/mol. The zero-order valence-corrected chi connectivity index (χ0v) is 12.5. The first-order valence-corrected chi connectivity index (χ1v) is 8.89. The van der Waals surface area contributed by atoms with Gasteiger partial charge in [-0.1, -0.05) is 6.42 Å². The maximum absolute atomic E-state index is 12.5. The molecule has 1 aliphatic heterocycles. The lowest BCUT2D eigenvalue weighted by Gasteiger charge is -2.33. The van der Waals surface area contributed by atoms with E-state index in [1.165, 1.54) is 25.7 Å². The second-order valence-electron chi connectivity index (χ2n) is 6.37. The van der Waals surface area contributed by atoms with Gasteiger partial charge in [0.05, 0.1) is 0 Å². The molecule has 0 radical (unpaired) electrons. The number of nitrogens with one attached hydrogen (secondary N) is 1. The lowest BCUT2D eigenvalue weighted by molar-refractivity contribution is 0.262. The molecule has 1 saturated heterocycles. The van der Waals surface area contributed by atoms with Gasteiger partial charge >= 0.3 is 0 Å². The third kappa shape index (κ3) is 2.68. The number of fused-ring (bicyclic) bond motifs is 2. The van der Waals surface area contributed by atoms with Crippen LogP contribution in [0.25, 0.3) is 0 Å². The zero-order valence-electron chi connectivity index (χ0n) is 11.7. The van der Waals surface area contributed by atoms with E-state index in [1.54, 1.807) is 15.7 Å². The summed E-state index contributed by atoms with van der Waals surface area (Å²) >= 11 is 0. The maximum Gasteiger partial charge on any atom is 0.281 e. The number of piperazine rings is 1. The van der Waals surface area contributed by atoms with E-state index in [4.69, 9.17) is 0 Å². The molecule has 0 aromatic heterocycles. The summed E-state index contributed by atoms with van der Waals surface area (Å²) in [4.78, 5) is 0. The fraction of sp³-hybridized carbons (Fsp3) is 1.00. The molecule has 1 heterocycles. The Kier molecular flexibility index (Phi) is 3.86. The fourth-order valence-electron chi connectivity index (χ4n) is 4.10. The van der Waals surface area contributed by atoms with E-state index in [2.05, 4.69) is 5.32 Å². The summed E-state index contributed by atoms with van der Waals surface area (Å²) in [7, 11) is -1.49. The van der Waals surface area contributed by atoms with Crippen molar-refractivity contribution in [3.8, 4) is 0 Å². The van der Waals surface area contributed by atoms with Crippen molar-refractivity contribution in [2.24, 2.45) is 17.8 Å². The van der Waals surface area contributed by atoms with Crippen LogP contribution >= 0.6 is 0 Å². The molecule has 5 nitrogen and oxygen atoms in total. The quantitative estimate of drug-likeness (QED) is 0.819. The van der Waals surface area contributed by atoms with Crippen LogP contribution in [0.1, 0.15) is 25.7 Å². The Labute approximate surface area is 116 Å². The molecule has 19 heavy (non-hydrogen) atoms. The summed E-state index contributed by atoms with van der Waals surface area (Å²) in [5.74, 6) is 2.26. The third-order valence-corrected chi connectivity index (χ3v) is 7.13. The topological polar surface area (TPSA) is 52.7 Å². The lowest BCUT2D eigenvalue weighted by atomic mass is 9.89. The smallest absolute Gasteiger partial charge is 0.281 e. The van der Waals surface area contributed by atoms with Gasteiger partial charge in [0.1, 0.15) is 0 Å². The van der Waals surface area contributed by atoms with Gasteiger partial charge in [-0.25, -0.2) is 0 Å². The van der Waals surface area contributed by atoms with E-state index >= 15 is 0 Å². The number of hydrogen-bond acceptors (Lipinski definition) is 3. The minimum Gasteiger partial charge on any atom is -0.314 e. The van der Waals surface area contributed by atoms with Crippen molar-refractivity contribution in [2.75, 3.05) is 39.8 Å². The Balaban J connectivity index is 1.61. The van der Waals surface area contributed by atoms with Crippen LogP contribution in [0.4, 0.5) is 0 Å². The largest absolute Gasteiger partial charge is 0.314 e. The predicted molar refractivity (Wildman–Crippen MR) is 74.9 cm³/mol. The molecule has 3 unspecified atom stereocenters. The van der Waals surface area contributed by atoms with Gasteiger partial charge in [0.25, 0.3) is 10.2 Å². The molecule has 6 heteroatoms. The first-order valence-electron chi connectivity index (χ1n) is 7.49. The molecule has 2 aliphatic carbocycles. The van der Waals surface area contributed by atoms with Crippen molar-refractivity contribution in [1.29, 1.82) is 0 Å². The average Bonchev–Trinajstić information content (AvgIpc) is 3.02. The summed E-state index contributed by atoms with van der Waals surface area (Å²) in [5, 5.41) is 3.20. The Hall–Kier alpha value is -0.170. The standard InChI is InChI=1S/C13H25N3O2S/c1-15(10-13-9-11-2-3-12(13)8-11)19(17,18)16-6-4-14-5-7-16/h11-14H,2-10H2,1H3. The number of rotatable bonds is 4. The molecule has 0 spiro atoms. The molecule has 3 rings (SSSR count). The van der Waals surface area contributed by atoms with E-state index < -0.39 is 10.2 Å². The molecule has 2 bridgehead atoms. The highest BCUT2D eigenvalue weighted by molar-refractivity contribution is 7.86. The lowest BCUT2D eigenvalue weighted by Crippen LogP contribution is -2.51. The molecule has 3 fully saturated rings. The molecular formula is C13H25N3O2S. The Morgan fingerprint density at radius 2 is 1.95 bits per heavy atom. The van der Waals surface area contributed by atoms with Crippen LogP contribution in [0.2, 0.25) is 0 Å². The van der Waals surface area contributed by atoms with Gasteiger partial charge in [0.15, 0.2) is 0 Å². The maximum atomic E-state index is 12.5. The molecule has 0 aromatic carbocycles. The highest BCUT2D eigenvalue weighted by atomic mass is 32.2. The highest BCUT2D eigenvalue weighted by Gasteiger charge is 2.41. The molecule has 3 atom stereocenters. The van der Waals surface area contributed by atoms with Crippen molar-refractivity contribution >= 4 is 10.2 Å². The van der Waals surface area contributed by atoms with Gasteiger partial charge in [0.2, 0.25) is 0 Å². The van der Waals surface area contributed by atoms with Gasteiger partial charge in [-0.15, -0.1) is 0 Å². The SMILES string of the molecule is CN(CC1CC2CCC1C2)S(=O)(=O)N1CCNCC1. The Morgan fingerprint density at radius 1 is 1.21 bits per heavy atom. The fourth-order valence-corrected chi connectivity index (χ4v) is 5.51. The van der Waals surface area contributed by atoms with E-state index in [1.807, 2.05) is 0 Å². The van der Waals surface area contributed by atoms with Crippen LogP contribution in [0.3, 0.4) is 0 Å². The van der Waals surface area contributed by atoms with Crippen molar-refractivity contribution in [3.63, 3.8) is 0 Å². The van der Waals surface area contributed by atoms with Crippen LogP contribution in [0.5, 0.6) is 0 Å². The highest BCUT2D eigenvalue weighted by Crippen LogP contribution is 2.48. The minimum absolute atomic E-state index is 0.599. The van der Waals surface area contributed by atoms with Gasteiger partial charge < -0.3 is 5.32 Å². The Morgan fingerprint density at radius 3 is 2.53 bits per heavy atom. The van der Waals surface area contributed by atoms with Crippen molar-refractivity contribution in [3.05, 3.63) is 0 Å². The van der Waals surface area contributed by atoms with Crippen molar-refractivity contribution < 1.29 is 8.42 Å². The van der Waals surface area contributed by atoms with Crippen LogP contribution in [-0.4, -0.2) is 56.8 Å². The summed E-state index contributed by atoms with van der Waals surface area (Å²) in [6.45, 7) is 3.45. The second kappa shape index (κ2) is 5.31. The molecule has 2 saturated carbocycles. The van der Waals surface area contributed by atoms with E-state index in [9.17, 15) is 8.42 Å². The molecule has 110 valence electrons. The molecule has 0 aromatic rings. The van der Waals surface area contributed by atoms with Gasteiger partial charge in [-0.3, -0.25) is 0 Å². The predicted octanol–water partition coefficient (Wildman–Crippen LogP) is 0.504. The minimum atomic E-state index is -3.24. The molecular weight excluding hydrogens is 262 g/mol.